The smallest absolute Gasteiger partial charge is 0.321 e. The third-order valence-electron chi connectivity index (χ3n) is 4.82. The van der Waals surface area contributed by atoms with Gasteiger partial charge in [0.1, 0.15) is 0 Å². The van der Waals surface area contributed by atoms with E-state index in [1.165, 1.54) is 11.8 Å². The van der Waals surface area contributed by atoms with Gasteiger partial charge in [0.15, 0.2) is 11.0 Å². The number of imide groups is 1. The number of hydrogen-bond acceptors (Lipinski definition) is 6. The van der Waals surface area contributed by atoms with E-state index in [0.29, 0.717) is 11.0 Å². The van der Waals surface area contributed by atoms with Crippen LogP contribution in [0.5, 0.6) is 0 Å². The topological polar surface area (TPSA) is 102 Å². The Kier molecular flexibility index (Phi) is 7.86. The van der Waals surface area contributed by atoms with Crippen molar-refractivity contribution < 1.29 is 9.59 Å². The van der Waals surface area contributed by atoms with Gasteiger partial charge in [0, 0.05) is 23.5 Å². The molecule has 0 saturated heterocycles. The van der Waals surface area contributed by atoms with E-state index in [1.54, 1.807) is 12.4 Å². The van der Waals surface area contributed by atoms with Crippen LogP contribution in [0, 0.1) is 0 Å². The molecule has 2 N–H and O–H groups in total. The third kappa shape index (κ3) is 6.19. The largest absolute Gasteiger partial charge is 0.333 e. The number of aryl methyl sites for hydroxylation is 2. The van der Waals surface area contributed by atoms with Crippen LogP contribution in [0.3, 0.4) is 0 Å². The van der Waals surface area contributed by atoms with Gasteiger partial charge in [-0.1, -0.05) is 43.8 Å². The zero-order valence-corrected chi connectivity index (χ0v) is 20.5. The molecule has 33 heavy (non-hydrogen) atoms. The number of urea groups is 1. The second-order valence-corrected chi connectivity index (χ2v) is 9.50. The molecule has 0 bridgehead atoms. The molecule has 0 unspecified atom stereocenters. The van der Waals surface area contributed by atoms with Crippen molar-refractivity contribution in [1.29, 1.82) is 0 Å². The van der Waals surface area contributed by atoms with Gasteiger partial charge >= 0.3 is 6.03 Å². The molecule has 0 aliphatic rings. The lowest BCUT2D eigenvalue weighted by Gasteiger charge is -2.20. The summed E-state index contributed by atoms with van der Waals surface area (Å²) in [6.45, 7) is 9.78. The number of aromatic nitrogens is 4. The summed E-state index contributed by atoms with van der Waals surface area (Å²) < 4.78 is 2.00. The summed E-state index contributed by atoms with van der Waals surface area (Å²) in [4.78, 5) is 28.7. The first kappa shape index (κ1) is 24.4. The van der Waals surface area contributed by atoms with Crippen LogP contribution in [-0.2, 0) is 17.6 Å². The quantitative estimate of drug-likeness (QED) is 0.507. The number of pyridine rings is 1. The van der Waals surface area contributed by atoms with Crippen molar-refractivity contribution in [2.75, 3.05) is 5.75 Å². The average Bonchev–Trinajstić information content (AvgIpc) is 3.19. The van der Waals surface area contributed by atoms with E-state index < -0.39 is 17.5 Å². The predicted octanol–water partition coefficient (Wildman–Crippen LogP) is 4.17. The first-order valence-electron chi connectivity index (χ1n) is 10.9. The molecule has 3 rings (SSSR count). The van der Waals surface area contributed by atoms with Crippen molar-refractivity contribution in [1.82, 2.24) is 30.4 Å². The van der Waals surface area contributed by atoms with E-state index in [-0.39, 0.29) is 5.75 Å². The van der Waals surface area contributed by atoms with Gasteiger partial charge in [0.25, 0.3) is 0 Å². The molecule has 3 aromatic rings. The maximum atomic E-state index is 12.4. The molecule has 3 amide bonds. The standard InChI is InChI=1S/C24H30N6O2S/c1-6-16-10-8-11-17(7-2)20(16)30-21(18-12-9-13-25-14-18)28-29-23(30)33-15-19(31)26-22(32)27-24(3,4)5/h8-14H,6-7,15H2,1-5H3,(H2,26,27,31,32). The maximum absolute atomic E-state index is 12.4. The van der Waals surface area contributed by atoms with Crippen LogP contribution in [0.1, 0.15) is 45.7 Å². The average molecular weight is 467 g/mol. The summed E-state index contributed by atoms with van der Waals surface area (Å²) in [5.41, 5.74) is 3.75. The number of hydrogen-bond donors (Lipinski definition) is 2. The lowest BCUT2D eigenvalue weighted by molar-refractivity contribution is -0.117. The summed E-state index contributed by atoms with van der Waals surface area (Å²) in [5, 5.41) is 14.5. The lowest BCUT2D eigenvalue weighted by atomic mass is 10.0. The highest BCUT2D eigenvalue weighted by Gasteiger charge is 2.22. The van der Waals surface area contributed by atoms with Gasteiger partial charge < -0.3 is 5.32 Å². The van der Waals surface area contributed by atoms with E-state index in [4.69, 9.17) is 0 Å². The fourth-order valence-electron chi connectivity index (χ4n) is 3.41. The number of para-hydroxylation sites is 1. The minimum atomic E-state index is -0.518. The van der Waals surface area contributed by atoms with E-state index in [2.05, 4.69) is 57.9 Å². The van der Waals surface area contributed by atoms with Gasteiger partial charge in [-0.2, -0.15) is 0 Å². The number of nitrogens with one attached hydrogen (secondary N) is 2. The van der Waals surface area contributed by atoms with Crippen LogP contribution in [-0.4, -0.2) is 43.0 Å². The van der Waals surface area contributed by atoms with Crippen LogP contribution in [0.4, 0.5) is 4.79 Å². The number of carbonyl (C=O) groups is 2. The number of carbonyl (C=O) groups excluding carboxylic acids is 2. The highest BCUT2D eigenvalue weighted by molar-refractivity contribution is 7.99. The first-order chi connectivity index (χ1) is 15.7. The second-order valence-electron chi connectivity index (χ2n) is 8.56. The molecule has 8 nitrogen and oxygen atoms in total. The first-order valence-corrected chi connectivity index (χ1v) is 11.9. The van der Waals surface area contributed by atoms with Crippen molar-refractivity contribution in [2.45, 2.75) is 58.2 Å². The van der Waals surface area contributed by atoms with Crippen molar-refractivity contribution in [2.24, 2.45) is 0 Å². The molecule has 1 aromatic carbocycles. The highest BCUT2D eigenvalue weighted by Crippen LogP contribution is 2.32. The summed E-state index contributed by atoms with van der Waals surface area (Å²) >= 11 is 1.24. The summed E-state index contributed by atoms with van der Waals surface area (Å²) in [7, 11) is 0. The minimum Gasteiger partial charge on any atom is -0.333 e. The summed E-state index contributed by atoms with van der Waals surface area (Å²) in [5.74, 6) is 0.282. The van der Waals surface area contributed by atoms with Gasteiger partial charge in [-0.3, -0.25) is 19.7 Å². The van der Waals surface area contributed by atoms with Crippen LogP contribution >= 0.6 is 11.8 Å². The van der Waals surface area contributed by atoms with Crippen LogP contribution in [0.2, 0.25) is 0 Å². The summed E-state index contributed by atoms with van der Waals surface area (Å²) in [6, 6.07) is 9.53. The molecule has 0 aliphatic heterocycles. The molecular formula is C24H30N6O2S. The van der Waals surface area contributed by atoms with Gasteiger partial charge in [-0.15, -0.1) is 10.2 Å². The Morgan fingerprint density at radius 3 is 2.30 bits per heavy atom. The SMILES string of the molecule is CCc1cccc(CC)c1-n1c(SCC(=O)NC(=O)NC(C)(C)C)nnc1-c1cccnc1. The monoisotopic (exact) mass is 466 g/mol. The third-order valence-corrected chi connectivity index (χ3v) is 5.74. The molecule has 0 spiro atoms. The Labute approximate surface area is 198 Å². The maximum Gasteiger partial charge on any atom is 0.321 e. The summed E-state index contributed by atoms with van der Waals surface area (Å²) in [6.07, 6.45) is 5.14. The number of nitrogens with zero attached hydrogens (tertiary/aromatic N) is 4. The fraction of sp³-hybridized carbons (Fsp3) is 0.375. The Morgan fingerprint density at radius 1 is 1.03 bits per heavy atom. The fourth-order valence-corrected chi connectivity index (χ4v) is 4.15. The number of benzene rings is 1. The lowest BCUT2D eigenvalue weighted by Crippen LogP contribution is -2.48. The van der Waals surface area contributed by atoms with Gasteiger partial charge in [-0.05, 0) is 56.9 Å². The van der Waals surface area contributed by atoms with Crippen LogP contribution in [0.15, 0.2) is 47.9 Å². The highest BCUT2D eigenvalue weighted by atomic mass is 32.2. The van der Waals surface area contributed by atoms with Crippen molar-refractivity contribution in [3.8, 4) is 17.1 Å². The van der Waals surface area contributed by atoms with E-state index in [0.717, 1.165) is 35.2 Å². The number of thioether (sulfide) groups is 1. The van der Waals surface area contributed by atoms with Crippen LogP contribution in [0.25, 0.3) is 17.1 Å². The van der Waals surface area contributed by atoms with E-state index in [9.17, 15) is 9.59 Å². The molecule has 174 valence electrons. The second kappa shape index (κ2) is 10.6. The molecule has 2 heterocycles. The van der Waals surface area contributed by atoms with Crippen molar-refractivity contribution in [3.05, 3.63) is 53.9 Å². The Bertz CT molecular complexity index is 1100. The molecule has 2 aromatic heterocycles. The minimum absolute atomic E-state index is 0.0263. The van der Waals surface area contributed by atoms with Gasteiger partial charge in [0.05, 0.1) is 11.4 Å². The number of rotatable bonds is 7. The van der Waals surface area contributed by atoms with E-state index in [1.807, 2.05) is 37.5 Å². The molecule has 0 fully saturated rings. The molecule has 0 radical (unpaired) electrons. The van der Waals surface area contributed by atoms with Crippen molar-refractivity contribution >= 4 is 23.7 Å². The zero-order chi connectivity index (χ0) is 24.0. The zero-order valence-electron chi connectivity index (χ0n) is 19.7. The Hall–Kier alpha value is -3.20. The van der Waals surface area contributed by atoms with Crippen LogP contribution < -0.4 is 10.6 Å². The Balaban J connectivity index is 1.95. The molecule has 9 heteroatoms. The molecule has 0 atom stereocenters. The van der Waals surface area contributed by atoms with Gasteiger partial charge in [0.2, 0.25) is 5.91 Å². The molecule has 0 saturated carbocycles. The van der Waals surface area contributed by atoms with Gasteiger partial charge in [-0.25, -0.2) is 4.79 Å². The predicted molar refractivity (Wildman–Crippen MR) is 130 cm³/mol. The van der Waals surface area contributed by atoms with Crippen molar-refractivity contribution in [3.63, 3.8) is 0 Å². The molecular weight excluding hydrogens is 436 g/mol. The normalized spacial score (nSPS) is 11.3. The Morgan fingerprint density at radius 2 is 1.73 bits per heavy atom. The van der Waals surface area contributed by atoms with E-state index >= 15 is 0 Å². The molecule has 0 aliphatic carbocycles. The number of amides is 3.